The van der Waals surface area contributed by atoms with Gasteiger partial charge in [0, 0.05) is 13.2 Å². The standard InChI is InChI=1S/C16H35NO2/c1-7-13-15(8-2,9-3)16(17,10-4)14(18-11-5)19-12-6/h14H,7-13,17H2,1-6H3. The number of hydrogen-bond acceptors (Lipinski definition) is 3. The maximum absolute atomic E-state index is 6.85. The van der Waals surface area contributed by atoms with E-state index in [4.69, 9.17) is 15.2 Å². The van der Waals surface area contributed by atoms with Gasteiger partial charge in [0.1, 0.15) is 0 Å². The Kier molecular flexibility index (Phi) is 8.88. The SMILES string of the molecule is CCCC(CC)(CC)C(N)(CC)C(OCC)OCC. The topological polar surface area (TPSA) is 44.5 Å². The molecule has 0 fully saturated rings. The van der Waals surface area contributed by atoms with Crippen LogP contribution in [0, 0.1) is 5.41 Å². The molecule has 116 valence electrons. The fourth-order valence-corrected chi connectivity index (χ4v) is 3.41. The zero-order valence-electron chi connectivity index (χ0n) is 13.9. The summed E-state index contributed by atoms with van der Waals surface area (Å²) in [7, 11) is 0. The summed E-state index contributed by atoms with van der Waals surface area (Å²) >= 11 is 0. The van der Waals surface area contributed by atoms with E-state index in [9.17, 15) is 0 Å². The monoisotopic (exact) mass is 273 g/mol. The highest BCUT2D eigenvalue weighted by Crippen LogP contribution is 2.46. The molecule has 0 aromatic heterocycles. The highest BCUT2D eigenvalue weighted by atomic mass is 16.7. The second-order valence-corrected chi connectivity index (χ2v) is 5.37. The molecule has 0 aliphatic carbocycles. The molecule has 1 atom stereocenters. The highest BCUT2D eigenvalue weighted by Gasteiger charge is 2.50. The fraction of sp³-hybridized carbons (Fsp3) is 1.00. The van der Waals surface area contributed by atoms with E-state index < -0.39 is 5.54 Å². The van der Waals surface area contributed by atoms with Gasteiger partial charge in [-0.25, -0.2) is 0 Å². The summed E-state index contributed by atoms with van der Waals surface area (Å²) < 4.78 is 11.7. The summed E-state index contributed by atoms with van der Waals surface area (Å²) in [6.45, 7) is 14.1. The average molecular weight is 273 g/mol. The van der Waals surface area contributed by atoms with Crippen molar-refractivity contribution in [3.8, 4) is 0 Å². The van der Waals surface area contributed by atoms with Crippen LogP contribution in [0.25, 0.3) is 0 Å². The van der Waals surface area contributed by atoms with Gasteiger partial charge in [0.05, 0.1) is 5.54 Å². The summed E-state index contributed by atoms with van der Waals surface area (Å²) in [6, 6.07) is 0. The predicted molar refractivity (Wildman–Crippen MR) is 82.2 cm³/mol. The lowest BCUT2D eigenvalue weighted by atomic mass is 9.62. The molecule has 2 N–H and O–H groups in total. The molecule has 3 heteroatoms. The number of ether oxygens (including phenoxy) is 2. The Bertz CT molecular complexity index is 223. The van der Waals surface area contributed by atoms with Gasteiger partial charge >= 0.3 is 0 Å². The first kappa shape index (κ1) is 18.9. The van der Waals surface area contributed by atoms with E-state index in [1.54, 1.807) is 0 Å². The van der Waals surface area contributed by atoms with Gasteiger partial charge in [-0.15, -0.1) is 0 Å². The molecular weight excluding hydrogens is 238 g/mol. The molecule has 3 nitrogen and oxygen atoms in total. The molecule has 0 saturated heterocycles. The lowest BCUT2D eigenvalue weighted by molar-refractivity contribution is -0.206. The van der Waals surface area contributed by atoms with Crippen LogP contribution in [0.15, 0.2) is 0 Å². The quantitative estimate of drug-likeness (QED) is 0.576. The molecule has 0 bridgehead atoms. The largest absolute Gasteiger partial charge is 0.351 e. The van der Waals surface area contributed by atoms with Crippen molar-refractivity contribution < 1.29 is 9.47 Å². The van der Waals surface area contributed by atoms with Gasteiger partial charge in [0.25, 0.3) is 0 Å². The lowest BCUT2D eigenvalue weighted by Gasteiger charge is -2.51. The Balaban J connectivity index is 5.45. The number of rotatable bonds is 11. The van der Waals surface area contributed by atoms with E-state index in [0.717, 1.165) is 32.1 Å². The van der Waals surface area contributed by atoms with Crippen molar-refractivity contribution in [3.63, 3.8) is 0 Å². The van der Waals surface area contributed by atoms with Crippen molar-refractivity contribution in [1.82, 2.24) is 0 Å². The van der Waals surface area contributed by atoms with E-state index in [-0.39, 0.29) is 11.7 Å². The van der Waals surface area contributed by atoms with E-state index in [0.29, 0.717) is 13.2 Å². The van der Waals surface area contributed by atoms with Crippen LogP contribution in [0.5, 0.6) is 0 Å². The first-order valence-corrected chi connectivity index (χ1v) is 8.03. The van der Waals surface area contributed by atoms with Gasteiger partial charge < -0.3 is 15.2 Å². The summed E-state index contributed by atoms with van der Waals surface area (Å²) in [4.78, 5) is 0. The Morgan fingerprint density at radius 3 is 1.58 bits per heavy atom. The van der Waals surface area contributed by atoms with Crippen LogP contribution in [0.1, 0.15) is 73.6 Å². The second kappa shape index (κ2) is 8.93. The molecule has 19 heavy (non-hydrogen) atoms. The molecule has 0 amide bonds. The first-order valence-electron chi connectivity index (χ1n) is 8.03. The third-order valence-electron chi connectivity index (χ3n) is 4.71. The minimum absolute atomic E-state index is 0.0888. The Morgan fingerprint density at radius 2 is 1.32 bits per heavy atom. The van der Waals surface area contributed by atoms with Crippen LogP contribution >= 0.6 is 0 Å². The van der Waals surface area contributed by atoms with Crippen molar-refractivity contribution >= 4 is 0 Å². The van der Waals surface area contributed by atoms with Crippen LogP contribution < -0.4 is 5.73 Å². The first-order chi connectivity index (χ1) is 9.01. The molecule has 0 aromatic carbocycles. The van der Waals surface area contributed by atoms with E-state index in [2.05, 4.69) is 27.7 Å². The minimum Gasteiger partial charge on any atom is -0.351 e. The van der Waals surface area contributed by atoms with Gasteiger partial charge in [-0.1, -0.05) is 34.1 Å². The van der Waals surface area contributed by atoms with Crippen molar-refractivity contribution in [2.75, 3.05) is 13.2 Å². The average Bonchev–Trinajstić information content (AvgIpc) is 2.43. The maximum atomic E-state index is 6.85. The summed E-state index contributed by atoms with van der Waals surface area (Å²) in [5.41, 5.74) is 6.52. The van der Waals surface area contributed by atoms with Crippen molar-refractivity contribution in [2.24, 2.45) is 11.1 Å². The molecule has 1 unspecified atom stereocenters. The molecule has 0 radical (unpaired) electrons. The van der Waals surface area contributed by atoms with Gasteiger partial charge in [-0.3, -0.25) is 0 Å². The molecule has 0 heterocycles. The summed E-state index contributed by atoms with van der Waals surface area (Å²) in [5.74, 6) is 0. The minimum atomic E-state index is -0.418. The number of nitrogens with two attached hydrogens (primary N) is 1. The van der Waals surface area contributed by atoms with Gasteiger partial charge in [-0.05, 0) is 44.9 Å². The third kappa shape index (κ3) is 3.93. The molecular formula is C16H35NO2. The predicted octanol–water partition coefficient (Wildman–Crippen LogP) is 4.10. The molecule has 0 aromatic rings. The Labute approximate surface area is 120 Å². The van der Waals surface area contributed by atoms with E-state index >= 15 is 0 Å². The van der Waals surface area contributed by atoms with Crippen molar-refractivity contribution in [2.45, 2.75) is 85.5 Å². The van der Waals surface area contributed by atoms with Gasteiger partial charge in [0.15, 0.2) is 6.29 Å². The summed E-state index contributed by atoms with van der Waals surface area (Å²) in [5, 5.41) is 0. The third-order valence-corrected chi connectivity index (χ3v) is 4.71. The van der Waals surface area contributed by atoms with Gasteiger partial charge in [-0.2, -0.15) is 0 Å². The molecule has 0 spiro atoms. The maximum Gasteiger partial charge on any atom is 0.175 e. The van der Waals surface area contributed by atoms with E-state index in [1.807, 2.05) is 13.8 Å². The van der Waals surface area contributed by atoms with Crippen molar-refractivity contribution in [3.05, 3.63) is 0 Å². The molecule has 0 rings (SSSR count). The van der Waals surface area contributed by atoms with Crippen LogP contribution in [-0.2, 0) is 9.47 Å². The zero-order valence-corrected chi connectivity index (χ0v) is 13.9. The molecule has 0 saturated carbocycles. The van der Waals surface area contributed by atoms with Crippen LogP contribution in [0.4, 0.5) is 0 Å². The van der Waals surface area contributed by atoms with Crippen molar-refractivity contribution in [1.29, 1.82) is 0 Å². The highest BCUT2D eigenvalue weighted by molar-refractivity contribution is 5.03. The van der Waals surface area contributed by atoms with E-state index in [1.165, 1.54) is 0 Å². The summed E-state index contributed by atoms with van der Waals surface area (Å²) in [6.07, 6.45) is 4.97. The Morgan fingerprint density at radius 1 is 0.842 bits per heavy atom. The smallest absolute Gasteiger partial charge is 0.175 e. The second-order valence-electron chi connectivity index (χ2n) is 5.37. The lowest BCUT2D eigenvalue weighted by Crippen LogP contribution is -2.63. The Hall–Kier alpha value is -0.120. The molecule has 0 aliphatic heterocycles. The zero-order chi connectivity index (χ0) is 14.9. The number of hydrogen-bond donors (Lipinski definition) is 1. The van der Waals surface area contributed by atoms with Crippen LogP contribution in [0.3, 0.4) is 0 Å². The molecule has 0 aliphatic rings. The van der Waals surface area contributed by atoms with Gasteiger partial charge in [0.2, 0.25) is 0 Å². The van der Waals surface area contributed by atoms with Crippen LogP contribution in [0.2, 0.25) is 0 Å². The fourth-order valence-electron chi connectivity index (χ4n) is 3.41. The normalized spacial score (nSPS) is 15.8. The van der Waals surface area contributed by atoms with Crippen LogP contribution in [-0.4, -0.2) is 25.0 Å².